The summed E-state index contributed by atoms with van der Waals surface area (Å²) in [4.78, 5) is 0. The quantitative estimate of drug-likeness (QED) is 0.462. The molecule has 0 amide bonds. The van der Waals surface area contributed by atoms with Crippen molar-refractivity contribution in [1.82, 2.24) is 5.32 Å². The van der Waals surface area contributed by atoms with Crippen LogP contribution in [0.15, 0.2) is 84.9 Å². The van der Waals surface area contributed by atoms with Gasteiger partial charge in [0.1, 0.15) is 6.10 Å². The van der Waals surface area contributed by atoms with E-state index in [1.54, 1.807) is 0 Å². The van der Waals surface area contributed by atoms with Gasteiger partial charge in [0.05, 0.1) is 6.04 Å². The van der Waals surface area contributed by atoms with Crippen LogP contribution in [0.2, 0.25) is 0 Å². The Labute approximate surface area is 185 Å². The molecule has 2 heterocycles. The molecular formula is C28H31NO2. The van der Waals surface area contributed by atoms with Crippen LogP contribution in [0.1, 0.15) is 67.0 Å². The molecular weight excluding hydrogens is 382 g/mol. The Morgan fingerprint density at radius 2 is 1.52 bits per heavy atom. The van der Waals surface area contributed by atoms with Crippen LogP contribution in [-0.4, -0.2) is 12.0 Å². The number of hydrogen-bond acceptors (Lipinski definition) is 3. The van der Waals surface area contributed by atoms with Crippen molar-refractivity contribution in [1.29, 1.82) is 0 Å². The van der Waals surface area contributed by atoms with Crippen molar-refractivity contribution < 1.29 is 9.47 Å². The first-order chi connectivity index (χ1) is 15.2. The number of morpholine rings is 1. The van der Waals surface area contributed by atoms with E-state index in [1.165, 1.54) is 35.1 Å². The average Bonchev–Trinajstić information content (AvgIpc) is 3.53. The van der Waals surface area contributed by atoms with Gasteiger partial charge in [-0.15, -0.1) is 0 Å². The van der Waals surface area contributed by atoms with Crippen LogP contribution in [-0.2, 0) is 15.9 Å². The summed E-state index contributed by atoms with van der Waals surface area (Å²) >= 11 is 0. The number of epoxide rings is 1. The van der Waals surface area contributed by atoms with Gasteiger partial charge < -0.3 is 9.47 Å². The second kappa shape index (κ2) is 8.58. The predicted octanol–water partition coefficient (Wildman–Crippen LogP) is 6.29. The van der Waals surface area contributed by atoms with E-state index < -0.39 is 5.72 Å². The van der Waals surface area contributed by atoms with Gasteiger partial charge in [-0.1, -0.05) is 98.8 Å². The van der Waals surface area contributed by atoms with E-state index >= 15 is 0 Å². The lowest BCUT2D eigenvalue weighted by molar-refractivity contribution is -0.0492. The molecule has 0 radical (unpaired) electrons. The molecule has 2 fully saturated rings. The second-order valence-electron chi connectivity index (χ2n) is 8.77. The SMILES string of the molecule is CCC(CC)c1cccc(CC23NC(c4ccccc4)C(c4ccccc4)OC2O3)c1. The van der Waals surface area contributed by atoms with Gasteiger partial charge in [0.15, 0.2) is 5.72 Å². The molecule has 4 atom stereocenters. The number of benzene rings is 3. The maximum absolute atomic E-state index is 6.52. The zero-order chi connectivity index (χ0) is 21.3. The Morgan fingerprint density at radius 3 is 2.19 bits per heavy atom. The van der Waals surface area contributed by atoms with Crippen molar-refractivity contribution in [3.05, 3.63) is 107 Å². The van der Waals surface area contributed by atoms with Crippen LogP contribution in [0.3, 0.4) is 0 Å². The summed E-state index contributed by atoms with van der Waals surface area (Å²) in [5.74, 6) is 0.614. The molecule has 0 saturated carbocycles. The Balaban J connectivity index is 1.42. The fourth-order valence-corrected chi connectivity index (χ4v) is 4.98. The van der Waals surface area contributed by atoms with Crippen LogP contribution < -0.4 is 5.32 Å². The van der Waals surface area contributed by atoms with Gasteiger partial charge in [0, 0.05) is 6.42 Å². The molecule has 3 heteroatoms. The van der Waals surface area contributed by atoms with Gasteiger partial charge in [0.2, 0.25) is 6.29 Å². The van der Waals surface area contributed by atoms with Crippen LogP contribution in [0.4, 0.5) is 0 Å². The van der Waals surface area contributed by atoms with E-state index in [1.807, 2.05) is 6.07 Å². The third kappa shape index (κ3) is 4.06. The first kappa shape index (κ1) is 20.4. The van der Waals surface area contributed by atoms with Gasteiger partial charge in [-0.3, -0.25) is 5.32 Å². The number of nitrogens with one attached hydrogen (secondary N) is 1. The fraction of sp³-hybridized carbons (Fsp3) is 0.357. The third-order valence-corrected chi connectivity index (χ3v) is 6.78. The van der Waals surface area contributed by atoms with Gasteiger partial charge in [-0.05, 0) is 41.0 Å². The van der Waals surface area contributed by atoms with Crippen molar-refractivity contribution in [3.63, 3.8) is 0 Å². The molecule has 0 spiro atoms. The number of ether oxygens (including phenoxy) is 2. The maximum atomic E-state index is 6.52. The van der Waals surface area contributed by atoms with E-state index in [0.29, 0.717) is 5.92 Å². The summed E-state index contributed by atoms with van der Waals surface area (Å²) in [6.45, 7) is 4.54. The number of fused-ring (bicyclic) bond motifs is 1. The molecule has 1 N–H and O–H groups in total. The van der Waals surface area contributed by atoms with E-state index in [2.05, 4.69) is 98.0 Å². The largest absolute Gasteiger partial charge is 0.338 e. The third-order valence-electron chi connectivity index (χ3n) is 6.78. The molecule has 2 aliphatic rings. The first-order valence-electron chi connectivity index (χ1n) is 11.5. The summed E-state index contributed by atoms with van der Waals surface area (Å²) in [5, 5.41) is 3.85. The van der Waals surface area contributed by atoms with Crippen molar-refractivity contribution in [2.75, 3.05) is 0 Å². The zero-order valence-corrected chi connectivity index (χ0v) is 18.3. The van der Waals surface area contributed by atoms with E-state index in [0.717, 1.165) is 6.42 Å². The minimum absolute atomic E-state index is 0.0320. The molecule has 4 unspecified atom stereocenters. The van der Waals surface area contributed by atoms with Crippen LogP contribution in [0.25, 0.3) is 0 Å². The van der Waals surface area contributed by atoms with E-state index in [-0.39, 0.29) is 18.4 Å². The molecule has 2 saturated heterocycles. The molecule has 31 heavy (non-hydrogen) atoms. The number of rotatable bonds is 7. The fourth-order valence-electron chi connectivity index (χ4n) is 4.98. The highest BCUT2D eigenvalue weighted by atomic mass is 16.8. The first-order valence-corrected chi connectivity index (χ1v) is 11.5. The molecule has 3 nitrogen and oxygen atoms in total. The predicted molar refractivity (Wildman–Crippen MR) is 124 cm³/mol. The van der Waals surface area contributed by atoms with E-state index in [4.69, 9.17) is 9.47 Å². The molecule has 3 aromatic carbocycles. The summed E-state index contributed by atoms with van der Waals surface area (Å²) < 4.78 is 12.7. The number of hydrogen-bond donors (Lipinski definition) is 1. The summed E-state index contributed by atoms with van der Waals surface area (Å²) in [5.41, 5.74) is 4.65. The molecule has 160 valence electrons. The van der Waals surface area contributed by atoms with Gasteiger partial charge in [-0.25, -0.2) is 0 Å². The highest BCUT2D eigenvalue weighted by molar-refractivity contribution is 5.32. The minimum atomic E-state index is -0.460. The smallest absolute Gasteiger partial charge is 0.203 e. The van der Waals surface area contributed by atoms with Crippen molar-refractivity contribution in [2.45, 2.75) is 63.2 Å². The molecule has 0 aliphatic carbocycles. The van der Waals surface area contributed by atoms with Crippen LogP contribution in [0, 0.1) is 0 Å². The molecule has 5 rings (SSSR count). The van der Waals surface area contributed by atoms with Crippen LogP contribution >= 0.6 is 0 Å². The molecule has 0 aromatic heterocycles. The molecule has 3 aromatic rings. The van der Waals surface area contributed by atoms with Gasteiger partial charge in [0.25, 0.3) is 0 Å². The van der Waals surface area contributed by atoms with Gasteiger partial charge in [-0.2, -0.15) is 0 Å². The highest BCUT2D eigenvalue weighted by Gasteiger charge is 2.63. The summed E-state index contributed by atoms with van der Waals surface area (Å²) in [7, 11) is 0. The summed E-state index contributed by atoms with van der Waals surface area (Å²) in [6, 6.07) is 30.1. The Hall–Kier alpha value is -2.46. The van der Waals surface area contributed by atoms with Crippen molar-refractivity contribution in [2.24, 2.45) is 0 Å². The lowest BCUT2D eigenvalue weighted by Crippen LogP contribution is -2.47. The van der Waals surface area contributed by atoms with E-state index in [9.17, 15) is 0 Å². The maximum Gasteiger partial charge on any atom is 0.203 e. The Morgan fingerprint density at radius 1 is 0.839 bits per heavy atom. The van der Waals surface area contributed by atoms with Gasteiger partial charge >= 0.3 is 0 Å². The highest BCUT2D eigenvalue weighted by Crippen LogP contribution is 2.50. The standard InChI is InChI=1S/C28H31NO2/c1-3-21(4-2)24-17-11-12-20(18-24)19-28-27(31-28)30-26(23-15-9-6-10-16-23)25(29-28)22-13-7-5-8-14-22/h5-18,21,25-27,29H,3-4,19H2,1-2H3. The lowest BCUT2D eigenvalue weighted by atomic mass is 9.90. The molecule has 0 bridgehead atoms. The monoisotopic (exact) mass is 413 g/mol. The topological polar surface area (TPSA) is 33.8 Å². The second-order valence-corrected chi connectivity index (χ2v) is 8.77. The average molecular weight is 414 g/mol. The normalized spacial score (nSPS) is 27.1. The Kier molecular flexibility index (Phi) is 5.66. The van der Waals surface area contributed by atoms with Crippen molar-refractivity contribution >= 4 is 0 Å². The minimum Gasteiger partial charge on any atom is -0.338 e. The zero-order valence-electron chi connectivity index (χ0n) is 18.3. The lowest BCUT2D eigenvalue weighted by Gasteiger charge is -2.35. The Bertz CT molecular complexity index is 1000. The summed E-state index contributed by atoms with van der Waals surface area (Å²) in [6.07, 6.45) is 2.83. The molecule has 2 aliphatic heterocycles. The van der Waals surface area contributed by atoms with Crippen LogP contribution in [0.5, 0.6) is 0 Å². The van der Waals surface area contributed by atoms with Crippen molar-refractivity contribution in [3.8, 4) is 0 Å².